The molecule has 1 saturated heterocycles. The second kappa shape index (κ2) is 6.34. The molecule has 1 fully saturated rings. The Morgan fingerprint density at radius 1 is 1.39 bits per heavy atom. The number of aromatic amines is 1. The molecular weight excluding hydrogens is 286 g/mol. The number of aryl methyl sites for hydroxylation is 1. The molecule has 3 rings (SSSR count). The molecule has 1 aromatic heterocycles. The molecule has 1 aliphatic heterocycles. The zero-order valence-corrected chi connectivity index (χ0v) is 14.6. The Balaban J connectivity index is 1.89. The van der Waals surface area contributed by atoms with Crippen LogP contribution in [0, 0.1) is 11.8 Å². The van der Waals surface area contributed by atoms with E-state index < -0.39 is 0 Å². The van der Waals surface area contributed by atoms with E-state index in [0.717, 1.165) is 42.7 Å². The van der Waals surface area contributed by atoms with Gasteiger partial charge in [-0.15, -0.1) is 0 Å². The zero-order chi connectivity index (χ0) is 16.6. The number of aromatic nitrogens is 2. The van der Waals surface area contributed by atoms with Crippen LogP contribution in [0.2, 0.25) is 0 Å². The average Bonchev–Trinajstić information content (AvgIpc) is 3.18. The minimum atomic E-state index is 0.0617. The molecule has 1 aliphatic rings. The molecule has 1 amide bonds. The van der Waals surface area contributed by atoms with E-state index in [-0.39, 0.29) is 17.9 Å². The molecule has 2 aromatic rings. The lowest BCUT2D eigenvalue weighted by molar-refractivity contribution is -0.137. The van der Waals surface area contributed by atoms with E-state index in [0.29, 0.717) is 5.92 Å². The van der Waals surface area contributed by atoms with E-state index in [2.05, 4.69) is 44.0 Å². The fourth-order valence-corrected chi connectivity index (χ4v) is 3.31. The van der Waals surface area contributed by atoms with Crippen LogP contribution in [-0.2, 0) is 11.2 Å². The molecule has 2 heterocycles. The molecule has 0 spiro atoms. The van der Waals surface area contributed by atoms with Crippen LogP contribution >= 0.6 is 0 Å². The molecule has 4 nitrogen and oxygen atoms in total. The van der Waals surface area contributed by atoms with E-state index in [1.54, 1.807) is 0 Å². The van der Waals surface area contributed by atoms with Crippen LogP contribution in [0.3, 0.4) is 0 Å². The number of carbonyl (C=O) groups is 1. The summed E-state index contributed by atoms with van der Waals surface area (Å²) in [5.74, 6) is 1.63. The van der Waals surface area contributed by atoms with Gasteiger partial charge in [0, 0.05) is 12.5 Å². The van der Waals surface area contributed by atoms with Crippen molar-refractivity contribution in [2.45, 2.75) is 53.0 Å². The largest absolute Gasteiger partial charge is 0.340 e. The van der Waals surface area contributed by atoms with Gasteiger partial charge in [-0.1, -0.05) is 33.8 Å². The van der Waals surface area contributed by atoms with Crippen molar-refractivity contribution in [3.05, 3.63) is 29.6 Å². The summed E-state index contributed by atoms with van der Waals surface area (Å²) in [6.07, 6.45) is 3.06. The fourth-order valence-electron chi connectivity index (χ4n) is 3.31. The number of fused-ring (bicyclic) bond motifs is 1. The van der Waals surface area contributed by atoms with E-state index in [1.165, 1.54) is 5.56 Å². The number of nitrogens with zero attached hydrogens (tertiary/aromatic N) is 2. The number of hydrogen-bond donors (Lipinski definition) is 1. The third kappa shape index (κ3) is 2.99. The molecule has 1 N–H and O–H groups in total. The number of hydrogen-bond acceptors (Lipinski definition) is 2. The number of nitrogens with one attached hydrogen (secondary N) is 1. The van der Waals surface area contributed by atoms with Crippen LogP contribution in [0.4, 0.5) is 0 Å². The molecule has 1 aromatic carbocycles. The van der Waals surface area contributed by atoms with Gasteiger partial charge in [0.15, 0.2) is 0 Å². The first-order valence-electron chi connectivity index (χ1n) is 8.80. The first-order valence-corrected chi connectivity index (χ1v) is 8.80. The standard InChI is InChI=1S/C19H27N3O/c1-5-14-8-9-15-16(11-14)21-18(20-15)17-7-6-10-22(17)19(23)13(4)12(2)3/h8-9,11-13,17H,5-7,10H2,1-4H3,(H,20,21)/t13-,17-/m0/s1. The highest BCUT2D eigenvalue weighted by Gasteiger charge is 2.34. The molecule has 0 bridgehead atoms. The van der Waals surface area contributed by atoms with Crippen LogP contribution < -0.4 is 0 Å². The van der Waals surface area contributed by atoms with Gasteiger partial charge in [0.25, 0.3) is 0 Å². The highest BCUT2D eigenvalue weighted by atomic mass is 16.2. The van der Waals surface area contributed by atoms with Crippen LogP contribution in [0.5, 0.6) is 0 Å². The lowest BCUT2D eigenvalue weighted by Gasteiger charge is -2.27. The minimum Gasteiger partial charge on any atom is -0.340 e. The van der Waals surface area contributed by atoms with Crippen molar-refractivity contribution in [3.63, 3.8) is 0 Å². The SMILES string of the molecule is CCc1ccc2[nH]c([C@@H]3CCCN3C(=O)[C@@H](C)C(C)C)nc2c1. The minimum absolute atomic E-state index is 0.0617. The maximum atomic E-state index is 12.8. The van der Waals surface area contributed by atoms with Gasteiger partial charge < -0.3 is 9.88 Å². The molecule has 124 valence electrons. The van der Waals surface area contributed by atoms with Crippen LogP contribution in [0.15, 0.2) is 18.2 Å². The molecule has 2 atom stereocenters. The molecule has 23 heavy (non-hydrogen) atoms. The molecule has 0 unspecified atom stereocenters. The second-order valence-corrected chi connectivity index (χ2v) is 7.05. The Morgan fingerprint density at radius 3 is 2.87 bits per heavy atom. The maximum absolute atomic E-state index is 12.8. The van der Waals surface area contributed by atoms with Crippen LogP contribution in [0.25, 0.3) is 11.0 Å². The van der Waals surface area contributed by atoms with E-state index >= 15 is 0 Å². The Bertz CT molecular complexity index is 704. The molecular formula is C19H27N3O. The van der Waals surface area contributed by atoms with Gasteiger partial charge in [0.1, 0.15) is 5.82 Å². The maximum Gasteiger partial charge on any atom is 0.226 e. The van der Waals surface area contributed by atoms with Crippen LogP contribution in [0.1, 0.15) is 58.0 Å². The summed E-state index contributed by atoms with van der Waals surface area (Å²) in [6, 6.07) is 6.49. The first kappa shape index (κ1) is 16.0. The van der Waals surface area contributed by atoms with Crippen molar-refractivity contribution in [2.75, 3.05) is 6.54 Å². The molecule has 0 saturated carbocycles. The number of rotatable bonds is 4. The normalized spacial score (nSPS) is 19.7. The monoisotopic (exact) mass is 313 g/mol. The van der Waals surface area contributed by atoms with Crippen molar-refractivity contribution < 1.29 is 4.79 Å². The van der Waals surface area contributed by atoms with Gasteiger partial charge in [-0.25, -0.2) is 4.98 Å². The van der Waals surface area contributed by atoms with Crippen molar-refractivity contribution in [1.82, 2.24) is 14.9 Å². The number of benzene rings is 1. The van der Waals surface area contributed by atoms with Gasteiger partial charge in [0.2, 0.25) is 5.91 Å². The van der Waals surface area contributed by atoms with Gasteiger partial charge in [0.05, 0.1) is 17.1 Å². The number of imidazole rings is 1. The zero-order valence-electron chi connectivity index (χ0n) is 14.6. The Labute approximate surface area is 138 Å². The molecule has 0 radical (unpaired) electrons. The summed E-state index contributed by atoms with van der Waals surface area (Å²) in [5, 5.41) is 0. The average molecular weight is 313 g/mol. The van der Waals surface area contributed by atoms with Crippen molar-refractivity contribution in [2.24, 2.45) is 11.8 Å². The van der Waals surface area contributed by atoms with Gasteiger partial charge in [-0.3, -0.25) is 4.79 Å². The predicted octanol–water partition coefficient (Wildman–Crippen LogP) is 4.08. The first-order chi connectivity index (χ1) is 11.0. The van der Waals surface area contributed by atoms with Gasteiger partial charge in [-0.05, 0) is 42.9 Å². The van der Waals surface area contributed by atoms with Crippen molar-refractivity contribution in [3.8, 4) is 0 Å². The summed E-state index contributed by atoms with van der Waals surface area (Å²) in [7, 11) is 0. The van der Waals surface area contributed by atoms with E-state index in [1.807, 2.05) is 11.8 Å². The van der Waals surface area contributed by atoms with Crippen molar-refractivity contribution in [1.29, 1.82) is 0 Å². The topological polar surface area (TPSA) is 49.0 Å². The number of amides is 1. The highest BCUT2D eigenvalue weighted by molar-refractivity contribution is 5.80. The number of likely N-dealkylation sites (tertiary alicyclic amines) is 1. The highest BCUT2D eigenvalue weighted by Crippen LogP contribution is 2.33. The Kier molecular flexibility index (Phi) is 4.42. The summed E-state index contributed by atoms with van der Waals surface area (Å²) in [4.78, 5) is 23.0. The molecule has 4 heteroatoms. The predicted molar refractivity (Wildman–Crippen MR) is 93.2 cm³/mol. The summed E-state index contributed by atoms with van der Waals surface area (Å²) in [6.45, 7) is 9.26. The third-order valence-electron chi connectivity index (χ3n) is 5.22. The summed E-state index contributed by atoms with van der Waals surface area (Å²) in [5.41, 5.74) is 3.37. The van der Waals surface area contributed by atoms with E-state index in [9.17, 15) is 4.79 Å². The van der Waals surface area contributed by atoms with Crippen LogP contribution in [-0.4, -0.2) is 27.3 Å². The van der Waals surface area contributed by atoms with Gasteiger partial charge >= 0.3 is 0 Å². The molecule has 0 aliphatic carbocycles. The van der Waals surface area contributed by atoms with E-state index in [4.69, 9.17) is 4.98 Å². The lowest BCUT2D eigenvalue weighted by atomic mass is 9.96. The smallest absolute Gasteiger partial charge is 0.226 e. The quantitative estimate of drug-likeness (QED) is 0.924. The second-order valence-electron chi connectivity index (χ2n) is 7.05. The van der Waals surface area contributed by atoms with Crippen molar-refractivity contribution >= 4 is 16.9 Å². The fraction of sp³-hybridized carbons (Fsp3) is 0.579. The number of H-pyrrole nitrogens is 1. The van der Waals surface area contributed by atoms with Gasteiger partial charge in [-0.2, -0.15) is 0 Å². The Hall–Kier alpha value is -1.84. The lowest BCUT2D eigenvalue weighted by Crippen LogP contribution is -2.36. The Morgan fingerprint density at radius 2 is 2.17 bits per heavy atom. The third-order valence-corrected chi connectivity index (χ3v) is 5.22. The summed E-state index contributed by atoms with van der Waals surface area (Å²) >= 11 is 0. The number of carbonyl (C=O) groups excluding carboxylic acids is 1. The summed E-state index contributed by atoms with van der Waals surface area (Å²) < 4.78 is 0.